The van der Waals surface area contributed by atoms with E-state index >= 15 is 0 Å². The molecule has 2 aromatic rings. The Bertz CT molecular complexity index is 986. The Morgan fingerprint density at radius 1 is 1.25 bits per heavy atom. The van der Waals surface area contributed by atoms with Crippen LogP contribution in [0.5, 0.6) is 0 Å². The summed E-state index contributed by atoms with van der Waals surface area (Å²) in [5, 5.41) is 0.505. The fourth-order valence-corrected chi connectivity index (χ4v) is 4.18. The van der Waals surface area contributed by atoms with Crippen molar-refractivity contribution in [2.75, 3.05) is 50.5 Å². The summed E-state index contributed by atoms with van der Waals surface area (Å²) in [6.07, 6.45) is 3.79. The molecule has 0 amide bonds. The van der Waals surface area contributed by atoms with Crippen molar-refractivity contribution >= 4 is 28.2 Å². The van der Waals surface area contributed by atoms with Crippen LogP contribution < -0.4 is 16.1 Å². The summed E-state index contributed by atoms with van der Waals surface area (Å²) in [7, 11) is 2.12. The lowest BCUT2D eigenvalue weighted by molar-refractivity contribution is 0.0524. The summed E-state index contributed by atoms with van der Waals surface area (Å²) >= 11 is 0. The van der Waals surface area contributed by atoms with Crippen molar-refractivity contribution in [3.8, 4) is 0 Å². The zero-order valence-electron chi connectivity index (χ0n) is 16.8. The molecule has 0 atom stereocenters. The van der Waals surface area contributed by atoms with Gasteiger partial charge in [0.05, 0.1) is 23.5 Å². The molecule has 0 unspecified atom stereocenters. The number of pyridine rings is 1. The number of hydrogen-bond acceptors (Lipinski definition) is 6. The van der Waals surface area contributed by atoms with Gasteiger partial charge in [0.1, 0.15) is 5.56 Å². The van der Waals surface area contributed by atoms with Crippen LogP contribution in [0.2, 0.25) is 0 Å². The Morgan fingerprint density at radius 3 is 2.54 bits per heavy atom. The highest BCUT2D eigenvalue weighted by atomic mass is 16.5. The van der Waals surface area contributed by atoms with Crippen LogP contribution in [0.3, 0.4) is 0 Å². The lowest BCUT2D eigenvalue weighted by Crippen LogP contribution is -2.45. The van der Waals surface area contributed by atoms with E-state index in [4.69, 9.17) is 10.5 Å². The molecule has 7 heteroatoms. The first-order chi connectivity index (χ1) is 13.4. The summed E-state index contributed by atoms with van der Waals surface area (Å²) in [6, 6.07) is 2.07. The van der Waals surface area contributed by atoms with Gasteiger partial charge in [0.15, 0.2) is 0 Å². The molecule has 28 heavy (non-hydrogen) atoms. The number of piperazine rings is 1. The molecule has 4 rings (SSSR count). The number of aryl methyl sites for hydroxylation is 1. The highest BCUT2D eigenvalue weighted by Gasteiger charge is 2.30. The number of carbonyl (C=O) groups excluding carboxylic acids is 1. The summed E-state index contributed by atoms with van der Waals surface area (Å²) < 4.78 is 7.20. The fourth-order valence-electron chi connectivity index (χ4n) is 4.18. The molecule has 2 N–H and O–H groups in total. The maximum absolute atomic E-state index is 13.1. The van der Waals surface area contributed by atoms with Crippen LogP contribution in [0, 0.1) is 6.92 Å². The van der Waals surface area contributed by atoms with Crippen LogP contribution in [-0.4, -0.2) is 55.3 Å². The van der Waals surface area contributed by atoms with E-state index in [0.717, 1.165) is 55.8 Å². The first-order valence-electron chi connectivity index (χ1n) is 10.0. The fraction of sp³-hybridized carbons (Fsp3) is 0.524. The smallest absolute Gasteiger partial charge is 0.343 e. The van der Waals surface area contributed by atoms with Crippen molar-refractivity contribution in [1.82, 2.24) is 9.47 Å². The Morgan fingerprint density at radius 2 is 1.93 bits per heavy atom. The molecule has 1 saturated heterocycles. The first kappa shape index (κ1) is 18.8. The SMILES string of the molecule is CCOC(=O)c1cn(C2CC2)c2c(C)c(N3CCN(C)CC3)c(N)cc2c1=O. The number of esters is 1. The molecule has 0 spiro atoms. The average Bonchev–Trinajstić information content (AvgIpc) is 3.49. The number of carbonyl (C=O) groups is 1. The number of benzene rings is 1. The van der Waals surface area contributed by atoms with Gasteiger partial charge >= 0.3 is 5.97 Å². The Hall–Kier alpha value is -2.54. The highest BCUT2D eigenvalue weighted by Crippen LogP contribution is 2.41. The van der Waals surface area contributed by atoms with Crippen LogP contribution in [-0.2, 0) is 4.74 Å². The van der Waals surface area contributed by atoms with Gasteiger partial charge in [-0.05, 0) is 45.4 Å². The van der Waals surface area contributed by atoms with Crippen molar-refractivity contribution in [2.24, 2.45) is 0 Å². The van der Waals surface area contributed by atoms with Crippen molar-refractivity contribution in [2.45, 2.75) is 32.7 Å². The lowest BCUT2D eigenvalue weighted by atomic mass is 10.0. The van der Waals surface area contributed by atoms with Gasteiger partial charge in [-0.1, -0.05) is 0 Å². The third-order valence-corrected chi connectivity index (χ3v) is 5.81. The molecule has 7 nitrogen and oxygen atoms in total. The van der Waals surface area contributed by atoms with Crippen molar-refractivity contribution in [1.29, 1.82) is 0 Å². The van der Waals surface area contributed by atoms with Gasteiger partial charge in [0, 0.05) is 43.8 Å². The van der Waals surface area contributed by atoms with E-state index in [1.807, 2.05) is 6.92 Å². The number of ether oxygens (including phenoxy) is 1. The second-order valence-electron chi connectivity index (χ2n) is 7.86. The molecule has 1 aliphatic heterocycles. The summed E-state index contributed by atoms with van der Waals surface area (Å²) in [4.78, 5) is 30.0. The van der Waals surface area contributed by atoms with Crippen LogP contribution in [0.4, 0.5) is 11.4 Å². The number of likely N-dealkylation sites (N-methyl/N-ethyl adjacent to an activating group) is 1. The van der Waals surface area contributed by atoms with E-state index in [1.165, 1.54) is 0 Å². The van der Waals surface area contributed by atoms with Gasteiger partial charge in [-0.15, -0.1) is 0 Å². The van der Waals surface area contributed by atoms with E-state index in [0.29, 0.717) is 17.1 Å². The maximum atomic E-state index is 13.1. The predicted molar refractivity (Wildman–Crippen MR) is 111 cm³/mol. The van der Waals surface area contributed by atoms with Crippen molar-refractivity contribution in [3.05, 3.63) is 33.6 Å². The minimum absolute atomic E-state index is 0.0902. The largest absolute Gasteiger partial charge is 0.462 e. The van der Waals surface area contributed by atoms with E-state index in [-0.39, 0.29) is 17.6 Å². The molecular weight excluding hydrogens is 356 g/mol. The topological polar surface area (TPSA) is 80.8 Å². The third-order valence-electron chi connectivity index (χ3n) is 5.81. The Balaban J connectivity index is 1.92. The third kappa shape index (κ3) is 3.13. The number of aromatic nitrogens is 1. The van der Waals surface area contributed by atoms with Crippen molar-refractivity contribution in [3.63, 3.8) is 0 Å². The molecular formula is C21H28N4O3. The van der Waals surface area contributed by atoms with Gasteiger partial charge in [0.2, 0.25) is 5.43 Å². The molecule has 150 valence electrons. The number of rotatable bonds is 4. The minimum atomic E-state index is -0.567. The van der Waals surface area contributed by atoms with Gasteiger partial charge < -0.3 is 24.8 Å². The molecule has 2 fully saturated rings. The zero-order valence-corrected chi connectivity index (χ0v) is 16.8. The first-order valence-corrected chi connectivity index (χ1v) is 10.0. The van der Waals surface area contributed by atoms with E-state index in [1.54, 1.807) is 19.2 Å². The second kappa shape index (κ2) is 7.13. The number of anilines is 2. The number of nitrogen functional groups attached to an aromatic ring is 1. The number of nitrogens with zero attached hydrogens (tertiary/aromatic N) is 3. The molecule has 1 aromatic carbocycles. The highest BCUT2D eigenvalue weighted by molar-refractivity contribution is 5.98. The van der Waals surface area contributed by atoms with Crippen LogP contribution >= 0.6 is 0 Å². The van der Waals surface area contributed by atoms with Crippen molar-refractivity contribution < 1.29 is 9.53 Å². The van der Waals surface area contributed by atoms with Gasteiger partial charge in [0.25, 0.3) is 0 Å². The van der Waals surface area contributed by atoms with E-state index < -0.39 is 5.97 Å². The molecule has 0 radical (unpaired) electrons. The molecule has 1 aliphatic carbocycles. The number of nitrogens with two attached hydrogens (primary N) is 1. The Labute approximate surface area is 164 Å². The predicted octanol–water partition coefficient (Wildman–Crippen LogP) is 2.16. The van der Waals surface area contributed by atoms with Gasteiger partial charge in [-0.25, -0.2) is 4.79 Å². The minimum Gasteiger partial charge on any atom is -0.462 e. The monoisotopic (exact) mass is 384 g/mol. The molecule has 0 bridgehead atoms. The maximum Gasteiger partial charge on any atom is 0.343 e. The second-order valence-corrected chi connectivity index (χ2v) is 7.86. The van der Waals surface area contributed by atoms with Crippen LogP contribution in [0.25, 0.3) is 10.9 Å². The van der Waals surface area contributed by atoms with Crippen LogP contribution in [0.15, 0.2) is 17.1 Å². The van der Waals surface area contributed by atoms with E-state index in [9.17, 15) is 9.59 Å². The summed E-state index contributed by atoms with van der Waals surface area (Å²) in [5.41, 5.74) is 9.73. The van der Waals surface area contributed by atoms with Crippen LogP contribution in [0.1, 0.15) is 41.7 Å². The Kier molecular flexibility index (Phi) is 4.79. The number of fused-ring (bicyclic) bond motifs is 1. The lowest BCUT2D eigenvalue weighted by Gasteiger charge is -2.36. The summed E-state index contributed by atoms with van der Waals surface area (Å²) in [5.74, 6) is -0.567. The standard InChI is InChI=1S/C21H28N4O3/c1-4-28-21(27)16-12-25(14-5-6-14)18-13(2)19(17(22)11-15(18)20(16)26)24-9-7-23(3)8-10-24/h11-12,14H,4-10,22H2,1-3H3. The average molecular weight is 384 g/mol. The van der Waals surface area contributed by atoms with E-state index in [2.05, 4.69) is 21.4 Å². The van der Waals surface area contributed by atoms with Gasteiger partial charge in [-0.3, -0.25) is 4.79 Å². The normalized spacial score (nSPS) is 17.9. The molecule has 1 saturated carbocycles. The zero-order chi connectivity index (χ0) is 20.0. The summed E-state index contributed by atoms with van der Waals surface area (Å²) in [6.45, 7) is 7.78. The molecule has 2 aliphatic rings. The molecule has 2 heterocycles. The quantitative estimate of drug-likeness (QED) is 0.643. The van der Waals surface area contributed by atoms with Gasteiger partial charge in [-0.2, -0.15) is 0 Å². The molecule has 1 aromatic heterocycles. The number of hydrogen-bond donors (Lipinski definition) is 1.